The molecule has 2 unspecified atom stereocenters. The van der Waals surface area contributed by atoms with Crippen molar-refractivity contribution in [2.75, 3.05) is 46.9 Å². The van der Waals surface area contributed by atoms with Gasteiger partial charge in [-0.15, -0.1) is 0 Å². The van der Waals surface area contributed by atoms with E-state index in [1.165, 1.54) is 0 Å². The van der Waals surface area contributed by atoms with Gasteiger partial charge in [0, 0.05) is 32.8 Å². The van der Waals surface area contributed by atoms with Crippen molar-refractivity contribution in [3.05, 3.63) is 0 Å². The number of rotatable bonds is 5. The van der Waals surface area contributed by atoms with Gasteiger partial charge in [0.25, 0.3) is 0 Å². The van der Waals surface area contributed by atoms with Gasteiger partial charge >= 0.3 is 0 Å². The lowest BCUT2D eigenvalue weighted by molar-refractivity contribution is 0.0652. The fraction of sp³-hybridized carbons (Fsp3) is 1.00. The number of β-amino-alcohol motifs (C(OH)–C–C–N with tert-alkyl or cyclic N) is 1. The lowest BCUT2D eigenvalue weighted by atomic mass is 10.2. The molecule has 0 radical (unpaired) electrons. The number of hydrogen-bond donors (Lipinski definition) is 1. The second-order valence-electron chi connectivity index (χ2n) is 3.98. The highest BCUT2D eigenvalue weighted by Gasteiger charge is 2.32. The molecule has 1 rings (SSSR count). The zero-order chi connectivity index (χ0) is 12.6. The fourth-order valence-corrected chi connectivity index (χ4v) is 2.08. The molecule has 0 aromatic heterocycles. The molecule has 1 heterocycles. The van der Waals surface area contributed by atoms with Crippen LogP contribution < -0.4 is 0 Å². The first-order chi connectivity index (χ1) is 7.69. The molecule has 1 saturated heterocycles. The maximum atomic E-state index is 9.84. The standard InChI is InChI=1S/C10H22N2O2.C2H6/c1-4-12(5-6-14-3)9-7-11(2)8-10(9)13;1-2/h9-10,13H,4-8H2,1-3H3;1-2H3. The van der Waals surface area contributed by atoms with Crippen molar-refractivity contribution < 1.29 is 9.84 Å². The smallest absolute Gasteiger partial charge is 0.0834 e. The first kappa shape index (κ1) is 15.8. The van der Waals surface area contributed by atoms with E-state index in [0.717, 1.165) is 32.8 Å². The molecule has 0 aromatic carbocycles. The zero-order valence-electron chi connectivity index (χ0n) is 11.4. The maximum absolute atomic E-state index is 9.84. The van der Waals surface area contributed by atoms with Gasteiger partial charge < -0.3 is 14.7 Å². The molecule has 98 valence electrons. The number of likely N-dealkylation sites (tertiary alicyclic amines) is 1. The van der Waals surface area contributed by atoms with Gasteiger partial charge in [-0.25, -0.2) is 0 Å². The predicted octanol–water partition coefficient (Wildman–Crippen LogP) is 0.656. The van der Waals surface area contributed by atoms with Crippen LogP contribution in [0.5, 0.6) is 0 Å². The number of methoxy groups -OCH3 is 1. The first-order valence-electron chi connectivity index (χ1n) is 6.28. The van der Waals surface area contributed by atoms with Gasteiger partial charge in [0.15, 0.2) is 0 Å². The van der Waals surface area contributed by atoms with E-state index in [2.05, 4.69) is 16.7 Å². The van der Waals surface area contributed by atoms with Crippen LogP contribution in [0.25, 0.3) is 0 Å². The number of aliphatic hydroxyl groups is 1. The van der Waals surface area contributed by atoms with Gasteiger partial charge in [0.05, 0.1) is 12.7 Å². The summed E-state index contributed by atoms with van der Waals surface area (Å²) in [4.78, 5) is 4.46. The quantitative estimate of drug-likeness (QED) is 0.755. The molecule has 0 spiro atoms. The highest BCUT2D eigenvalue weighted by molar-refractivity contribution is 4.89. The van der Waals surface area contributed by atoms with Crippen molar-refractivity contribution in [3.8, 4) is 0 Å². The summed E-state index contributed by atoms with van der Waals surface area (Å²) in [7, 11) is 3.76. The number of nitrogens with zero attached hydrogens (tertiary/aromatic N) is 2. The van der Waals surface area contributed by atoms with Gasteiger partial charge in [-0.05, 0) is 13.6 Å². The van der Waals surface area contributed by atoms with Crippen molar-refractivity contribution in [3.63, 3.8) is 0 Å². The van der Waals surface area contributed by atoms with Crippen LogP contribution in [0.4, 0.5) is 0 Å². The van der Waals surface area contributed by atoms with E-state index in [1.54, 1.807) is 7.11 Å². The molecular weight excluding hydrogens is 204 g/mol. The molecule has 1 aliphatic heterocycles. The van der Waals surface area contributed by atoms with Crippen molar-refractivity contribution in [1.29, 1.82) is 0 Å². The van der Waals surface area contributed by atoms with E-state index in [-0.39, 0.29) is 12.1 Å². The minimum absolute atomic E-state index is 0.211. The molecular formula is C12H28N2O2. The van der Waals surface area contributed by atoms with E-state index in [0.29, 0.717) is 0 Å². The molecule has 0 bridgehead atoms. The molecule has 2 atom stereocenters. The molecule has 0 amide bonds. The lowest BCUT2D eigenvalue weighted by Gasteiger charge is -2.28. The lowest BCUT2D eigenvalue weighted by Crippen LogP contribution is -2.44. The number of likely N-dealkylation sites (N-methyl/N-ethyl adjacent to an activating group) is 2. The van der Waals surface area contributed by atoms with Gasteiger partial charge in [0.2, 0.25) is 0 Å². The Balaban J connectivity index is 0.00000106. The van der Waals surface area contributed by atoms with Crippen molar-refractivity contribution in [2.24, 2.45) is 0 Å². The van der Waals surface area contributed by atoms with Crippen LogP contribution in [0.15, 0.2) is 0 Å². The Morgan fingerprint density at radius 2 is 2.00 bits per heavy atom. The molecule has 4 nitrogen and oxygen atoms in total. The Morgan fingerprint density at radius 1 is 1.38 bits per heavy atom. The van der Waals surface area contributed by atoms with Crippen LogP contribution in [0.1, 0.15) is 20.8 Å². The zero-order valence-corrected chi connectivity index (χ0v) is 11.4. The number of aliphatic hydroxyl groups excluding tert-OH is 1. The molecule has 0 saturated carbocycles. The van der Waals surface area contributed by atoms with Gasteiger partial charge in [-0.1, -0.05) is 20.8 Å². The van der Waals surface area contributed by atoms with E-state index in [4.69, 9.17) is 4.74 Å². The Kier molecular flexibility index (Phi) is 8.84. The molecule has 1 fully saturated rings. The largest absolute Gasteiger partial charge is 0.390 e. The molecule has 16 heavy (non-hydrogen) atoms. The summed E-state index contributed by atoms with van der Waals surface area (Å²) in [6, 6.07) is 0.278. The van der Waals surface area contributed by atoms with Crippen molar-refractivity contribution in [2.45, 2.75) is 32.9 Å². The number of hydrogen-bond acceptors (Lipinski definition) is 4. The Morgan fingerprint density at radius 3 is 2.38 bits per heavy atom. The van der Waals surface area contributed by atoms with Gasteiger partial charge in [-0.2, -0.15) is 0 Å². The fourth-order valence-electron chi connectivity index (χ4n) is 2.08. The minimum Gasteiger partial charge on any atom is -0.390 e. The van der Waals surface area contributed by atoms with Crippen LogP contribution in [-0.4, -0.2) is 74.0 Å². The Bertz CT molecular complexity index is 167. The average molecular weight is 232 g/mol. The van der Waals surface area contributed by atoms with Crippen LogP contribution in [-0.2, 0) is 4.74 Å². The first-order valence-corrected chi connectivity index (χ1v) is 6.28. The van der Waals surface area contributed by atoms with Crippen LogP contribution in [0.2, 0.25) is 0 Å². The predicted molar refractivity (Wildman–Crippen MR) is 67.8 cm³/mol. The normalized spacial score (nSPS) is 25.7. The second-order valence-corrected chi connectivity index (χ2v) is 3.98. The number of ether oxygens (including phenoxy) is 1. The summed E-state index contributed by atoms with van der Waals surface area (Å²) < 4.78 is 5.06. The van der Waals surface area contributed by atoms with Gasteiger partial charge in [-0.3, -0.25) is 4.90 Å². The Labute approximate surface area is 100 Å². The van der Waals surface area contributed by atoms with E-state index in [9.17, 15) is 5.11 Å². The minimum atomic E-state index is -0.211. The third-order valence-corrected chi connectivity index (χ3v) is 2.90. The summed E-state index contributed by atoms with van der Waals surface area (Å²) in [6.45, 7) is 10.5. The maximum Gasteiger partial charge on any atom is 0.0834 e. The third-order valence-electron chi connectivity index (χ3n) is 2.90. The molecule has 4 heteroatoms. The molecule has 1 N–H and O–H groups in total. The van der Waals surface area contributed by atoms with E-state index < -0.39 is 0 Å². The monoisotopic (exact) mass is 232 g/mol. The topological polar surface area (TPSA) is 35.9 Å². The van der Waals surface area contributed by atoms with Crippen molar-refractivity contribution >= 4 is 0 Å². The Hall–Kier alpha value is -0.160. The van der Waals surface area contributed by atoms with Gasteiger partial charge in [0.1, 0.15) is 0 Å². The molecule has 0 aromatic rings. The van der Waals surface area contributed by atoms with Crippen molar-refractivity contribution in [1.82, 2.24) is 9.80 Å². The average Bonchev–Trinajstić information content (AvgIpc) is 2.62. The van der Waals surface area contributed by atoms with E-state index in [1.807, 2.05) is 20.9 Å². The molecule has 1 aliphatic rings. The van der Waals surface area contributed by atoms with Crippen LogP contribution in [0.3, 0.4) is 0 Å². The van der Waals surface area contributed by atoms with Crippen LogP contribution >= 0.6 is 0 Å². The van der Waals surface area contributed by atoms with Crippen LogP contribution in [0, 0.1) is 0 Å². The SMILES string of the molecule is CC.CCN(CCOC)C1CN(C)CC1O. The summed E-state index contributed by atoms with van der Waals surface area (Å²) in [5, 5.41) is 9.84. The van der Waals surface area contributed by atoms with E-state index >= 15 is 0 Å². The summed E-state index contributed by atoms with van der Waals surface area (Å²) in [5.74, 6) is 0. The highest BCUT2D eigenvalue weighted by Crippen LogP contribution is 2.14. The summed E-state index contributed by atoms with van der Waals surface area (Å²) in [5.41, 5.74) is 0. The second kappa shape index (κ2) is 8.93. The third kappa shape index (κ3) is 4.78. The molecule has 0 aliphatic carbocycles. The summed E-state index contributed by atoms with van der Waals surface area (Å²) in [6.07, 6.45) is -0.211. The highest BCUT2D eigenvalue weighted by atomic mass is 16.5. The summed E-state index contributed by atoms with van der Waals surface area (Å²) >= 11 is 0.